The van der Waals surface area contributed by atoms with Crippen LogP contribution >= 0.6 is 24.8 Å². The van der Waals surface area contributed by atoms with Gasteiger partial charge in [0.05, 0.1) is 6.04 Å². The molecule has 1 rings (SSSR count). The maximum absolute atomic E-state index is 11.9. The van der Waals surface area contributed by atoms with Crippen LogP contribution in [0.25, 0.3) is 0 Å². The zero-order chi connectivity index (χ0) is 12.8. The van der Waals surface area contributed by atoms with E-state index in [0.717, 1.165) is 6.42 Å². The van der Waals surface area contributed by atoms with E-state index < -0.39 is 6.04 Å². The number of rotatable bonds is 5. The van der Waals surface area contributed by atoms with Gasteiger partial charge in [-0.3, -0.25) is 9.78 Å². The molecule has 0 saturated carbocycles. The molecule has 1 atom stereocenters. The van der Waals surface area contributed by atoms with Crippen molar-refractivity contribution in [2.45, 2.75) is 26.3 Å². The van der Waals surface area contributed by atoms with E-state index in [-0.39, 0.29) is 36.6 Å². The summed E-state index contributed by atoms with van der Waals surface area (Å²) in [5.41, 5.74) is 7.01. The van der Waals surface area contributed by atoms with E-state index >= 15 is 0 Å². The molecule has 0 saturated heterocycles. The molecule has 1 aromatic heterocycles. The number of carbonyl (C=O) groups excluding carboxylic acids is 1. The normalized spacial score (nSPS) is 11.2. The van der Waals surface area contributed by atoms with Crippen LogP contribution in [0.5, 0.6) is 0 Å². The second-order valence-electron chi connectivity index (χ2n) is 4.64. The van der Waals surface area contributed by atoms with E-state index in [1.165, 1.54) is 5.56 Å². The molecule has 0 unspecified atom stereocenters. The Morgan fingerprint density at radius 1 is 1.32 bits per heavy atom. The molecular formula is C13H23Cl2N3O. The minimum atomic E-state index is -0.405. The number of aromatic nitrogens is 1. The van der Waals surface area contributed by atoms with Gasteiger partial charge < -0.3 is 10.6 Å². The minimum absolute atomic E-state index is 0. The third-order valence-corrected chi connectivity index (χ3v) is 2.86. The van der Waals surface area contributed by atoms with Crippen molar-refractivity contribution < 1.29 is 4.79 Å². The molecule has 0 aliphatic carbocycles. The van der Waals surface area contributed by atoms with Crippen molar-refractivity contribution in [3.63, 3.8) is 0 Å². The van der Waals surface area contributed by atoms with Crippen molar-refractivity contribution in [2.24, 2.45) is 11.7 Å². The van der Waals surface area contributed by atoms with E-state index in [1.807, 2.05) is 26.0 Å². The first-order chi connectivity index (χ1) is 8.02. The fourth-order valence-corrected chi connectivity index (χ4v) is 1.50. The predicted octanol–water partition coefficient (Wildman–Crippen LogP) is 1.91. The Kier molecular flexibility index (Phi) is 10.8. The van der Waals surface area contributed by atoms with E-state index in [1.54, 1.807) is 24.3 Å². The van der Waals surface area contributed by atoms with Crippen molar-refractivity contribution in [3.05, 3.63) is 30.1 Å². The lowest BCUT2D eigenvalue weighted by Crippen LogP contribution is -2.45. The number of amides is 1. The molecule has 4 nitrogen and oxygen atoms in total. The van der Waals surface area contributed by atoms with Crippen molar-refractivity contribution in [1.29, 1.82) is 0 Å². The van der Waals surface area contributed by atoms with Crippen LogP contribution in [0.15, 0.2) is 24.5 Å². The number of likely N-dealkylation sites (N-methyl/N-ethyl adjacent to an activating group) is 1. The Morgan fingerprint density at radius 3 is 2.32 bits per heavy atom. The first-order valence-electron chi connectivity index (χ1n) is 5.92. The molecule has 0 spiro atoms. The van der Waals surface area contributed by atoms with Crippen molar-refractivity contribution in [2.75, 3.05) is 13.6 Å². The topological polar surface area (TPSA) is 59.2 Å². The summed E-state index contributed by atoms with van der Waals surface area (Å²) in [5, 5.41) is 0. The van der Waals surface area contributed by atoms with Gasteiger partial charge in [0.1, 0.15) is 0 Å². The van der Waals surface area contributed by atoms with Gasteiger partial charge in [0.15, 0.2) is 0 Å². The molecule has 2 N–H and O–H groups in total. The van der Waals surface area contributed by atoms with Gasteiger partial charge in [-0.15, -0.1) is 24.8 Å². The summed E-state index contributed by atoms with van der Waals surface area (Å²) < 4.78 is 0. The number of nitrogens with zero attached hydrogens (tertiary/aromatic N) is 2. The SMILES string of the molecule is CC(C)[C@H](N)C(=O)N(C)CCc1ccncc1.Cl.Cl. The van der Waals surface area contributed by atoms with Gasteiger partial charge in [0, 0.05) is 26.0 Å². The largest absolute Gasteiger partial charge is 0.344 e. The lowest BCUT2D eigenvalue weighted by atomic mass is 10.0. The van der Waals surface area contributed by atoms with Crippen LogP contribution in [0.2, 0.25) is 0 Å². The molecule has 0 aliphatic rings. The average Bonchev–Trinajstić information content (AvgIpc) is 2.35. The summed E-state index contributed by atoms with van der Waals surface area (Å²) in [6.45, 7) is 4.60. The van der Waals surface area contributed by atoms with Gasteiger partial charge in [-0.25, -0.2) is 0 Å². The Labute approximate surface area is 127 Å². The molecule has 1 heterocycles. The first kappa shape index (κ1) is 20.5. The highest BCUT2D eigenvalue weighted by molar-refractivity contribution is 5.85. The standard InChI is InChI=1S/C13H21N3O.2ClH/c1-10(2)12(14)13(17)16(3)9-6-11-4-7-15-8-5-11;;/h4-5,7-8,10,12H,6,9,14H2,1-3H3;2*1H/t12-;;/m0../s1. The number of nitrogens with two attached hydrogens (primary N) is 1. The molecule has 110 valence electrons. The van der Waals surface area contributed by atoms with Crippen LogP contribution in [-0.4, -0.2) is 35.4 Å². The van der Waals surface area contributed by atoms with Crippen molar-refractivity contribution >= 4 is 30.7 Å². The quantitative estimate of drug-likeness (QED) is 0.904. The second-order valence-corrected chi connectivity index (χ2v) is 4.64. The van der Waals surface area contributed by atoms with Gasteiger partial charge in [0.25, 0.3) is 0 Å². The summed E-state index contributed by atoms with van der Waals surface area (Å²) >= 11 is 0. The monoisotopic (exact) mass is 307 g/mol. The first-order valence-corrected chi connectivity index (χ1v) is 5.92. The molecule has 0 bridgehead atoms. The van der Waals surface area contributed by atoms with Crippen LogP contribution < -0.4 is 5.73 Å². The summed E-state index contributed by atoms with van der Waals surface area (Å²) in [6, 6.07) is 3.51. The predicted molar refractivity (Wildman–Crippen MR) is 82.9 cm³/mol. The minimum Gasteiger partial charge on any atom is -0.344 e. The van der Waals surface area contributed by atoms with E-state index in [2.05, 4.69) is 4.98 Å². The number of hydrogen-bond donors (Lipinski definition) is 1. The van der Waals surface area contributed by atoms with Crippen molar-refractivity contribution in [3.8, 4) is 0 Å². The fourth-order valence-electron chi connectivity index (χ4n) is 1.50. The molecule has 0 fully saturated rings. The molecular weight excluding hydrogens is 285 g/mol. The molecule has 19 heavy (non-hydrogen) atoms. The smallest absolute Gasteiger partial charge is 0.239 e. The lowest BCUT2D eigenvalue weighted by molar-refractivity contribution is -0.132. The Morgan fingerprint density at radius 2 is 1.84 bits per heavy atom. The highest BCUT2D eigenvalue weighted by Gasteiger charge is 2.20. The summed E-state index contributed by atoms with van der Waals surface area (Å²) in [4.78, 5) is 17.6. The number of carbonyl (C=O) groups is 1. The van der Waals surface area contributed by atoms with Gasteiger partial charge in [0.2, 0.25) is 5.91 Å². The van der Waals surface area contributed by atoms with Gasteiger partial charge in [-0.1, -0.05) is 13.8 Å². The summed E-state index contributed by atoms with van der Waals surface area (Å²) in [5.74, 6) is 0.180. The molecule has 1 aromatic rings. The zero-order valence-electron chi connectivity index (χ0n) is 11.6. The highest BCUT2D eigenvalue weighted by atomic mass is 35.5. The van der Waals surface area contributed by atoms with Crippen LogP contribution in [0.3, 0.4) is 0 Å². The van der Waals surface area contributed by atoms with Crippen molar-refractivity contribution in [1.82, 2.24) is 9.88 Å². The van der Waals surface area contributed by atoms with Crippen LogP contribution in [0.4, 0.5) is 0 Å². The highest BCUT2D eigenvalue weighted by Crippen LogP contribution is 2.04. The Bertz CT molecular complexity index is 360. The molecule has 6 heteroatoms. The van der Waals surface area contributed by atoms with E-state index in [4.69, 9.17) is 5.73 Å². The zero-order valence-corrected chi connectivity index (χ0v) is 13.2. The van der Waals surface area contributed by atoms with Gasteiger partial charge in [-0.2, -0.15) is 0 Å². The second kappa shape index (κ2) is 10.0. The average molecular weight is 308 g/mol. The molecule has 0 aromatic carbocycles. The third kappa shape index (κ3) is 6.76. The molecule has 1 amide bonds. The third-order valence-electron chi connectivity index (χ3n) is 2.86. The van der Waals surface area contributed by atoms with Crippen LogP contribution in [-0.2, 0) is 11.2 Å². The molecule has 0 aliphatic heterocycles. The fraction of sp³-hybridized carbons (Fsp3) is 0.538. The molecule has 0 radical (unpaired) electrons. The van der Waals surface area contributed by atoms with Gasteiger partial charge >= 0.3 is 0 Å². The summed E-state index contributed by atoms with van der Waals surface area (Å²) in [7, 11) is 1.80. The van der Waals surface area contributed by atoms with Crippen LogP contribution in [0, 0.1) is 5.92 Å². The number of halogens is 2. The number of hydrogen-bond acceptors (Lipinski definition) is 3. The van der Waals surface area contributed by atoms with Crippen LogP contribution in [0.1, 0.15) is 19.4 Å². The summed E-state index contributed by atoms with van der Waals surface area (Å²) in [6.07, 6.45) is 4.35. The van der Waals surface area contributed by atoms with E-state index in [9.17, 15) is 4.79 Å². The van der Waals surface area contributed by atoms with E-state index in [0.29, 0.717) is 6.54 Å². The van der Waals surface area contributed by atoms with Gasteiger partial charge in [-0.05, 0) is 30.0 Å². The number of pyridine rings is 1. The maximum Gasteiger partial charge on any atom is 0.239 e. The Balaban J connectivity index is 0. The lowest BCUT2D eigenvalue weighted by Gasteiger charge is -2.23. The Hall–Kier alpha value is -0.840. The maximum atomic E-state index is 11.9.